The molecule has 1 fully saturated rings. The molecule has 1 N–H and O–H groups in total. The first-order valence-electron chi connectivity index (χ1n) is 7.58. The molecule has 2 aromatic rings. The van der Waals surface area contributed by atoms with Crippen LogP contribution in [0.2, 0.25) is 5.02 Å². The Labute approximate surface area is 150 Å². The largest absolute Gasteiger partial charge is 0.507 e. The van der Waals surface area contributed by atoms with Crippen molar-refractivity contribution in [3.63, 3.8) is 0 Å². The number of ketones is 1. The van der Waals surface area contributed by atoms with Gasteiger partial charge in [0, 0.05) is 17.6 Å². The van der Waals surface area contributed by atoms with Crippen molar-refractivity contribution in [1.82, 2.24) is 4.90 Å². The van der Waals surface area contributed by atoms with Crippen LogP contribution in [-0.4, -0.2) is 35.9 Å². The van der Waals surface area contributed by atoms with Gasteiger partial charge in [-0.3, -0.25) is 9.59 Å². The van der Waals surface area contributed by atoms with Gasteiger partial charge in [-0.2, -0.15) is 0 Å². The van der Waals surface area contributed by atoms with Gasteiger partial charge < -0.3 is 14.7 Å². The van der Waals surface area contributed by atoms with E-state index in [9.17, 15) is 14.7 Å². The number of ether oxygens (including phenoxy) is 1. The number of hydrogen-bond donors (Lipinski definition) is 1. The molecule has 128 valence electrons. The predicted molar refractivity (Wildman–Crippen MR) is 94.5 cm³/mol. The molecule has 1 heterocycles. The highest BCUT2D eigenvalue weighted by Gasteiger charge is 2.44. The lowest BCUT2D eigenvalue weighted by Gasteiger charge is -2.21. The summed E-state index contributed by atoms with van der Waals surface area (Å²) in [5, 5.41) is 11.2. The highest BCUT2D eigenvalue weighted by molar-refractivity contribution is 6.46. The molecule has 6 heteroatoms. The van der Waals surface area contributed by atoms with Crippen LogP contribution in [0.3, 0.4) is 0 Å². The van der Waals surface area contributed by atoms with E-state index in [1.54, 1.807) is 48.5 Å². The van der Waals surface area contributed by atoms with Gasteiger partial charge >= 0.3 is 0 Å². The molecule has 1 atom stereocenters. The van der Waals surface area contributed by atoms with E-state index in [1.807, 2.05) is 0 Å². The Bertz CT molecular complexity index is 856. The first-order chi connectivity index (χ1) is 11.9. The SMILES string of the molecule is COc1ccc(/C(O)=C2\C(=O)C(=O)N(C)C2c2ccc(Cl)cc2)cc1. The Hall–Kier alpha value is -2.79. The normalized spacial score (nSPS) is 19.3. The number of rotatable bonds is 3. The van der Waals surface area contributed by atoms with Crippen molar-refractivity contribution in [2.75, 3.05) is 14.2 Å². The minimum absolute atomic E-state index is 0.0555. The van der Waals surface area contributed by atoms with Crippen molar-refractivity contribution in [3.05, 3.63) is 70.3 Å². The number of carbonyl (C=O) groups is 2. The fraction of sp³-hybridized carbons (Fsp3) is 0.158. The van der Waals surface area contributed by atoms with Crippen LogP contribution in [0.5, 0.6) is 5.75 Å². The lowest BCUT2D eigenvalue weighted by molar-refractivity contribution is -0.139. The molecule has 0 bridgehead atoms. The number of carbonyl (C=O) groups excluding carboxylic acids is 2. The molecule has 0 aromatic heterocycles. The van der Waals surface area contributed by atoms with Gasteiger partial charge in [0.2, 0.25) is 0 Å². The van der Waals surface area contributed by atoms with E-state index in [-0.39, 0.29) is 11.3 Å². The number of aliphatic hydroxyl groups is 1. The average molecular weight is 358 g/mol. The molecular weight excluding hydrogens is 342 g/mol. The maximum Gasteiger partial charge on any atom is 0.295 e. The molecule has 0 saturated carbocycles. The molecule has 5 nitrogen and oxygen atoms in total. The summed E-state index contributed by atoms with van der Waals surface area (Å²) >= 11 is 5.91. The molecule has 1 aliphatic heterocycles. The second kappa shape index (κ2) is 6.61. The number of benzene rings is 2. The molecule has 25 heavy (non-hydrogen) atoms. The molecular formula is C19H16ClNO4. The van der Waals surface area contributed by atoms with Crippen LogP contribution in [0.15, 0.2) is 54.1 Å². The first-order valence-corrected chi connectivity index (χ1v) is 7.96. The van der Waals surface area contributed by atoms with Crippen molar-refractivity contribution >= 4 is 29.1 Å². The highest BCUT2D eigenvalue weighted by Crippen LogP contribution is 2.38. The van der Waals surface area contributed by atoms with Crippen LogP contribution in [0, 0.1) is 0 Å². The summed E-state index contributed by atoms with van der Waals surface area (Å²) in [5.41, 5.74) is 1.19. The van der Waals surface area contributed by atoms with E-state index < -0.39 is 17.7 Å². The van der Waals surface area contributed by atoms with Gasteiger partial charge in [0.05, 0.1) is 18.7 Å². The lowest BCUT2D eigenvalue weighted by Crippen LogP contribution is -2.24. The molecule has 3 rings (SSSR count). The number of amides is 1. The van der Waals surface area contributed by atoms with Crippen LogP contribution in [0.1, 0.15) is 17.2 Å². The zero-order valence-electron chi connectivity index (χ0n) is 13.7. The van der Waals surface area contributed by atoms with Crippen LogP contribution < -0.4 is 4.74 Å². The van der Waals surface area contributed by atoms with E-state index in [2.05, 4.69) is 0 Å². The molecule has 1 amide bonds. The number of likely N-dealkylation sites (tertiary alicyclic amines) is 1. The summed E-state index contributed by atoms with van der Waals surface area (Å²) < 4.78 is 5.09. The van der Waals surface area contributed by atoms with Crippen LogP contribution in [0.25, 0.3) is 5.76 Å². The molecule has 2 aromatic carbocycles. The van der Waals surface area contributed by atoms with Crippen LogP contribution in [0.4, 0.5) is 0 Å². The topological polar surface area (TPSA) is 66.8 Å². The lowest BCUT2D eigenvalue weighted by atomic mass is 9.95. The van der Waals surface area contributed by atoms with Gasteiger partial charge in [0.25, 0.3) is 11.7 Å². The van der Waals surface area contributed by atoms with Gasteiger partial charge in [0.1, 0.15) is 11.5 Å². The monoisotopic (exact) mass is 357 g/mol. The summed E-state index contributed by atoms with van der Waals surface area (Å²) in [4.78, 5) is 26.0. The third kappa shape index (κ3) is 2.98. The number of hydrogen-bond acceptors (Lipinski definition) is 4. The molecule has 1 unspecified atom stereocenters. The van der Waals surface area contributed by atoms with Gasteiger partial charge in [-0.15, -0.1) is 0 Å². The number of methoxy groups -OCH3 is 1. The molecule has 0 spiro atoms. The third-order valence-corrected chi connectivity index (χ3v) is 4.48. The minimum atomic E-state index is -0.712. The Morgan fingerprint density at radius 1 is 1.08 bits per heavy atom. The summed E-state index contributed by atoms with van der Waals surface area (Å²) in [7, 11) is 3.08. The van der Waals surface area contributed by atoms with E-state index in [1.165, 1.54) is 19.1 Å². The third-order valence-electron chi connectivity index (χ3n) is 4.22. The van der Waals surface area contributed by atoms with Gasteiger partial charge in [-0.1, -0.05) is 23.7 Å². The number of halogens is 1. The van der Waals surface area contributed by atoms with Gasteiger partial charge in [0.15, 0.2) is 0 Å². The van der Waals surface area contributed by atoms with Gasteiger partial charge in [-0.05, 0) is 42.0 Å². The smallest absolute Gasteiger partial charge is 0.295 e. The van der Waals surface area contributed by atoms with E-state index >= 15 is 0 Å². The summed E-state index contributed by atoms with van der Waals surface area (Å²) in [6.45, 7) is 0. The maximum atomic E-state index is 12.4. The summed E-state index contributed by atoms with van der Waals surface area (Å²) in [5.74, 6) is -0.960. The number of likely N-dealkylation sites (N-methyl/N-ethyl adjacent to an activating group) is 1. The second-order valence-corrected chi connectivity index (χ2v) is 6.13. The van der Waals surface area contributed by atoms with Crippen LogP contribution in [-0.2, 0) is 9.59 Å². The Balaban J connectivity index is 2.12. The van der Waals surface area contributed by atoms with Gasteiger partial charge in [-0.25, -0.2) is 0 Å². The quantitative estimate of drug-likeness (QED) is 0.519. The van der Waals surface area contributed by atoms with E-state index in [0.717, 1.165) is 0 Å². The summed E-state index contributed by atoms with van der Waals surface area (Å²) in [6.07, 6.45) is 0. The number of aliphatic hydroxyl groups excluding tert-OH is 1. The predicted octanol–water partition coefficient (Wildman–Crippen LogP) is 3.40. The zero-order chi connectivity index (χ0) is 18.1. The number of Topliss-reactive ketones (excluding diaryl/α,β-unsaturated/α-hetero) is 1. The van der Waals surface area contributed by atoms with Crippen molar-refractivity contribution in [1.29, 1.82) is 0 Å². The number of nitrogens with zero attached hydrogens (tertiary/aromatic N) is 1. The highest BCUT2D eigenvalue weighted by atomic mass is 35.5. The fourth-order valence-corrected chi connectivity index (χ4v) is 3.01. The summed E-state index contributed by atoms with van der Waals surface area (Å²) in [6, 6.07) is 12.8. The van der Waals surface area contributed by atoms with E-state index in [4.69, 9.17) is 16.3 Å². The van der Waals surface area contributed by atoms with Crippen molar-refractivity contribution < 1.29 is 19.4 Å². The molecule has 0 radical (unpaired) electrons. The van der Waals surface area contributed by atoms with Crippen molar-refractivity contribution in [2.24, 2.45) is 0 Å². The second-order valence-electron chi connectivity index (χ2n) is 5.69. The first kappa shape index (κ1) is 17.0. The van der Waals surface area contributed by atoms with E-state index in [0.29, 0.717) is 21.9 Å². The Morgan fingerprint density at radius 3 is 2.24 bits per heavy atom. The van der Waals surface area contributed by atoms with Crippen molar-refractivity contribution in [3.8, 4) is 5.75 Å². The molecule has 0 aliphatic carbocycles. The molecule has 1 saturated heterocycles. The Kier molecular flexibility index (Phi) is 4.51. The average Bonchev–Trinajstić information content (AvgIpc) is 2.86. The Morgan fingerprint density at radius 2 is 1.68 bits per heavy atom. The molecule has 1 aliphatic rings. The van der Waals surface area contributed by atoms with Crippen molar-refractivity contribution in [2.45, 2.75) is 6.04 Å². The fourth-order valence-electron chi connectivity index (χ4n) is 2.89. The maximum absolute atomic E-state index is 12.4. The standard InChI is InChI=1S/C19H16ClNO4/c1-21-16(11-3-7-13(20)8-4-11)15(18(23)19(21)24)17(22)12-5-9-14(25-2)10-6-12/h3-10,16,22H,1-2H3/b17-15+. The van der Waals surface area contributed by atoms with Crippen LogP contribution >= 0.6 is 11.6 Å². The zero-order valence-corrected chi connectivity index (χ0v) is 14.4. The minimum Gasteiger partial charge on any atom is -0.507 e.